The van der Waals surface area contributed by atoms with E-state index in [1.807, 2.05) is 0 Å². The minimum atomic E-state index is -4.20. The van der Waals surface area contributed by atoms with Crippen molar-refractivity contribution in [3.05, 3.63) is 0 Å². The zero-order chi connectivity index (χ0) is 14.1. The number of ether oxygens (including phenoxy) is 1. The Morgan fingerprint density at radius 1 is 1.33 bits per heavy atom. The van der Waals surface area contributed by atoms with Crippen molar-refractivity contribution in [1.82, 2.24) is 5.32 Å². The van der Waals surface area contributed by atoms with Crippen molar-refractivity contribution in [2.24, 2.45) is 5.73 Å². The maximum atomic E-state index is 12.4. The summed E-state index contributed by atoms with van der Waals surface area (Å²) >= 11 is 0. The van der Waals surface area contributed by atoms with Crippen molar-refractivity contribution >= 4 is 5.91 Å². The van der Waals surface area contributed by atoms with Crippen LogP contribution in [0.25, 0.3) is 0 Å². The number of halogens is 2. The third kappa shape index (κ3) is 3.10. The summed E-state index contributed by atoms with van der Waals surface area (Å²) in [4.78, 5) is 10.9. The second-order valence-electron chi connectivity index (χ2n) is 3.85. The molecule has 10 heteroatoms. The quantitative estimate of drug-likeness (QED) is 0.292. The first-order valence-corrected chi connectivity index (χ1v) is 4.96. The summed E-state index contributed by atoms with van der Waals surface area (Å²) in [5.74, 6) is -1.94. The summed E-state index contributed by atoms with van der Waals surface area (Å²) in [5.41, 5.74) is 4.22. The second-order valence-corrected chi connectivity index (χ2v) is 3.85. The Kier molecular flexibility index (Phi) is 4.53. The minimum Gasteiger partial charge on any atom is -0.394 e. The van der Waals surface area contributed by atoms with E-state index in [-0.39, 0.29) is 0 Å². The summed E-state index contributed by atoms with van der Waals surface area (Å²) in [6.07, 6.45) is -6.61. The van der Waals surface area contributed by atoms with Crippen LogP contribution in [0.4, 0.5) is 8.78 Å². The first kappa shape index (κ1) is 15.1. The molecule has 106 valence electrons. The SMILES string of the molecule is NC(F)(F)C(=O)NC1C(O)OC(CO)C(O)C1O. The molecule has 0 aromatic rings. The Balaban J connectivity index is 2.74. The molecular formula is C8H14F2N2O6. The van der Waals surface area contributed by atoms with Crippen LogP contribution in [0.5, 0.6) is 0 Å². The molecule has 0 aromatic heterocycles. The van der Waals surface area contributed by atoms with Crippen LogP contribution in [0.15, 0.2) is 0 Å². The fraction of sp³-hybridized carbons (Fsp3) is 0.875. The van der Waals surface area contributed by atoms with E-state index in [0.717, 1.165) is 0 Å². The van der Waals surface area contributed by atoms with Crippen molar-refractivity contribution in [2.45, 2.75) is 36.7 Å². The van der Waals surface area contributed by atoms with Gasteiger partial charge in [-0.25, -0.2) is 0 Å². The number of aliphatic hydroxyl groups excluding tert-OH is 4. The van der Waals surface area contributed by atoms with Crippen LogP contribution < -0.4 is 11.1 Å². The normalized spacial score (nSPS) is 37.4. The summed E-state index contributed by atoms with van der Waals surface area (Å²) in [7, 11) is 0. The predicted octanol–water partition coefficient (Wildman–Crippen LogP) is -3.55. The van der Waals surface area contributed by atoms with E-state index in [0.29, 0.717) is 0 Å². The standard InChI is InChI=1S/C8H14F2N2O6/c9-8(10,11)7(17)12-3-5(15)4(14)2(1-13)18-6(3)16/h2-6,13-16H,1,11H2,(H,12,17). The number of nitrogens with two attached hydrogens (primary N) is 1. The number of aliphatic hydroxyl groups is 4. The molecule has 5 unspecified atom stereocenters. The van der Waals surface area contributed by atoms with Gasteiger partial charge in [0.15, 0.2) is 6.29 Å². The molecule has 8 nitrogen and oxygen atoms in total. The predicted molar refractivity (Wildman–Crippen MR) is 51.0 cm³/mol. The van der Waals surface area contributed by atoms with Gasteiger partial charge in [-0.15, -0.1) is 0 Å². The first-order valence-electron chi connectivity index (χ1n) is 4.96. The highest BCUT2D eigenvalue weighted by Crippen LogP contribution is 2.20. The lowest BCUT2D eigenvalue weighted by molar-refractivity contribution is -0.254. The highest BCUT2D eigenvalue weighted by atomic mass is 19.3. The lowest BCUT2D eigenvalue weighted by atomic mass is 9.97. The van der Waals surface area contributed by atoms with Crippen LogP contribution in [0.2, 0.25) is 0 Å². The van der Waals surface area contributed by atoms with E-state index in [1.54, 1.807) is 5.32 Å². The van der Waals surface area contributed by atoms with Gasteiger partial charge in [0.2, 0.25) is 0 Å². The minimum absolute atomic E-state index is 0.705. The van der Waals surface area contributed by atoms with Crippen LogP contribution in [0.3, 0.4) is 0 Å². The van der Waals surface area contributed by atoms with E-state index < -0.39 is 49.2 Å². The largest absolute Gasteiger partial charge is 0.394 e. The van der Waals surface area contributed by atoms with Gasteiger partial charge in [-0.05, 0) is 0 Å². The average Bonchev–Trinajstić information content (AvgIpc) is 2.27. The van der Waals surface area contributed by atoms with E-state index >= 15 is 0 Å². The van der Waals surface area contributed by atoms with Crippen molar-refractivity contribution in [2.75, 3.05) is 6.61 Å². The summed E-state index contributed by atoms with van der Waals surface area (Å²) in [5, 5.41) is 38.6. The molecule has 1 rings (SSSR count). The molecule has 0 spiro atoms. The molecule has 7 N–H and O–H groups in total. The number of rotatable bonds is 3. The van der Waals surface area contributed by atoms with Crippen LogP contribution in [-0.2, 0) is 9.53 Å². The second kappa shape index (κ2) is 5.38. The molecule has 0 saturated carbocycles. The molecule has 1 heterocycles. The molecule has 1 amide bonds. The highest BCUT2D eigenvalue weighted by molar-refractivity contribution is 5.82. The molecule has 0 aromatic carbocycles. The lowest BCUT2D eigenvalue weighted by Crippen LogP contribution is -2.66. The van der Waals surface area contributed by atoms with Gasteiger partial charge in [-0.2, -0.15) is 8.78 Å². The third-order valence-corrected chi connectivity index (χ3v) is 2.50. The van der Waals surface area contributed by atoms with Crippen molar-refractivity contribution in [3.8, 4) is 0 Å². The van der Waals surface area contributed by atoms with Crippen LogP contribution in [0.1, 0.15) is 0 Å². The number of amides is 1. The van der Waals surface area contributed by atoms with Crippen LogP contribution in [0, 0.1) is 0 Å². The molecule has 0 aliphatic carbocycles. The van der Waals surface area contributed by atoms with Gasteiger partial charge in [0.1, 0.15) is 24.4 Å². The Bertz CT molecular complexity index is 312. The Labute approximate surface area is 100.0 Å². The molecular weight excluding hydrogens is 258 g/mol. The maximum absolute atomic E-state index is 12.4. The Morgan fingerprint density at radius 2 is 1.89 bits per heavy atom. The average molecular weight is 272 g/mol. The molecule has 0 radical (unpaired) electrons. The summed E-state index contributed by atoms with van der Waals surface area (Å²) in [6.45, 7) is -0.705. The number of alkyl halides is 2. The van der Waals surface area contributed by atoms with Crippen molar-refractivity contribution in [1.29, 1.82) is 0 Å². The molecule has 5 atom stereocenters. The topological polar surface area (TPSA) is 145 Å². The number of carbonyl (C=O) groups excluding carboxylic acids is 1. The zero-order valence-corrected chi connectivity index (χ0v) is 9.03. The summed E-state index contributed by atoms with van der Waals surface area (Å²) in [6, 6.07) is -5.89. The fourth-order valence-electron chi connectivity index (χ4n) is 1.50. The van der Waals surface area contributed by atoms with Gasteiger partial charge >= 0.3 is 12.0 Å². The highest BCUT2D eigenvalue weighted by Gasteiger charge is 2.46. The molecule has 1 aliphatic heterocycles. The molecule has 18 heavy (non-hydrogen) atoms. The van der Waals surface area contributed by atoms with E-state index in [9.17, 15) is 28.9 Å². The molecule has 1 saturated heterocycles. The third-order valence-electron chi connectivity index (χ3n) is 2.50. The van der Waals surface area contributed by atoms with E-state index in [1.165, 1.54) is 0 Å². The smallest absolute Gasteiger partial charge is 0.378 e. The van der Waals surface area contributed by atoms with Gasteiger partial charge in [0.05, 0.1) is 6.61 Å². The van der Waals surface area contributed by atoms with Gasteiger partial charge in [0.25, 0.3) is 0 Å². The van der Waals surface area contributed by atoms with Gasteiger partial charge < -0.3 is 30.5 Å². The van der Waals surface area contributed by atoms with Crippen LogP contribution in [-0.4, -0.2) is 69.6 Å². The first-order chi connectivity index (χ1) is 8.18. The van der Waals surface area contributed by atoms with E-state index in [2.05, 4.69) is 10.5 Å². The summed E-state index contributed by atoms with van der Waals surface area (Å²) < 4.78 is 29.5. The van der Waals surface area contributed by atoms with Gasteiger partial charge in [-0.3, -0.25) is 10.5 Å². The number of hydrogen-bond donors (Lipinski definition) is 6. The monoisotopic (exact) mass is 272 g/mol. The molecule has 0 bridgehead atoms. The number of carbonyl (C=O) groups is 1. The lowest BCUT2D eigenvalue weighted by Gasteiger charge is -2.40. The van der Waals surface area contributed by atoms with Crippen molar-refractivity contribution in [3.63, 3.8) is 0 Å². The van der Waals surface area contributed by atoms with Gasteiger partial charge in [0, 0.05) is 0 Å². The maximum Gasteiger partial charge on any atom is 0.378 e. The Morgan fingerprint density at radius 3 is 2.33 bits per heavy atom. The number of hydrogen-bond acceptors (Lipinski definition) is 7. The van der Waals surface area contributed by atoms with Crippen molar-refractivity contribution < 1.29 is 38.7 Å². The zero-order valence-electron chi connectivity index (χ0n) is 9.03. The fourth-order valence-corrected chi connectivity index (χ4v) is 1.50. The Hall–Kier alpha value is -0.910. The molecule has 1 aliphatic rings. The number of nitrogens with one attached hydrogen (secondary N) is 1. The molecule has 1 fully saturated rings. The van der Waals surface area contributed by atoms with E-state index in [4.69, 9.17) is 5.11 Å². The van der Waals surface area contributed by atoms with Gasteiger partial charge in [-0.1, -0.05) is 0 Å². The van der Waals surface area contributed by atoms with Crippen LogP contribution >= 0.6 is 0 Å².